The highest BCUT2D eigenvalue weighted by Crippen LogP contribution is 2.38. The van der Waals surface area contributed by atoms with E-state index in [1.807, 2.05) is 12.1 Å². The fourth-order valence-electron chi connectivity index (χ4n) is 2.38. The molecule has 2 aromatic rings. The normalized spacial score (nSPS) is 10.2. The van der Waals surface area contributed by atoms with Crippen molar-refractivity contribution in [1.82, 2.24) is 0 Å². The van der Waals surface area contributed by atoms with Crippen LogP contribution in [0.1, 0.15) is 29.3 Å². The Morgan fingerprint density at radius 1 is 0.917 bits per heavy atom. The predicted molar refractivity (Wildman–Crippen MR) is 91.5 cm³/mol. The van der Waals surface area contributed by atoms with Gasteiger partial charge in [0.2, 0.25) is 5.75 Å². The average Bonchev–Trinajstić information content (AvgIpc) is 2.62. The number of rotatable bonds is 7. The van der Waals surface area contributed by atoms with Gasteiger partial charge in [0.1, 0.15) is 5.75 Å². The van der Waals surface area contributed by atoms with Crippen molar-refractivity contribution in [2.45, 2.75) is 19.8 Å². The highest BCUT2D eigenvalue weighted by molar-refractivity contribution is 5.92. The number of hydrogen-bond donors (Lipinski definition) is 0. The van der Waals surface area contributed by atoms with Crippen molar-refractivity contribution in [3.63, 3.8) is 0 Å². The third-order valence-electron chi connectivity index (χ3n) is 3.57. The van der Waals surface area contributed by atoms with Crippen LogP contribution in [0, 0.1) is 0 Å². The van der Waals surface area contributed by atoms with Crippen LogP contribution in [0.2, 0.25) is 0 Å². The van der Waals surface area contributed by atoms with Gasteiger partial charge >= 0.3 is 5.97 Å². The smallest absolute Gasteiger partial charge is 0.343 e. The number of carbonyl (C=O) groups is 1. The van der Waals surface area contributed by atoms with Gasteiger partial charge < -0.3 is 18.9 Å². The number of benzene rings is 2. The fraction of sp³-hybridized carbons (Fsp3) is 0.316. The second kappa shape index (κ2) is 8.24. The Morgan fingerprint density at radius 3 is 1.96 bits per heavy atom. The van der Waals surface area contributed by atoms with Crippen LogP contribution in [0.15, 0.2) is 36.4 Å². The first-order valence-corrected chi connectivity index (χ1v) is 7.74. The number of carbonyl (C=O) groups excluding carboxylic acids is 1. The first kappa shape index (κ1) is 17.7. The third kappa shape index (κ3) is 3.98. The van der Waals surface area contributed by atoms with E-state index in [1.165, 1.54) is 26.9 Å². The van der Waals surface area contributed by atoms with E-state index in [0.717, 1.165) is 12.8 Å². The molecule has 0 atom stereocenters. The van der Waals surface area contributed by atoms with Crippen molar-refractivity contribution in [1.29, 1.82) is 0 Å². The van der Waals surface area contributed by atoms with E-state index in [1.54, 1.807) is 24.3 Å². The van der Waals surface area contributed by atoms with Crippen molar-refractivity contribution < 1.29 is 23.7 Å². The van der Waals surface area contributed by atoms with Gasteiger partial charge in [-0.2, -0.15) is 0 Å². The second-order valence-electron chi connectivity index (χ2n) is 5.20. The molecule has 5 nitrogen and oxygen atoms in total. The molecule has 5 heteroatoms. The number of aryl methyl sites for hydroxylation is 1. The van der Waals surface area contributed by atoms with E-state index in [0.29, 0.717) is 28.6 Å². The van der Waals surface area contributed by atoms with Crippen molar-refractivity contribution in [2.75, 3.05) is 21.3 Å². The largest absolute Gasteiger partial charge is 0.493 e. The lowest BCUT2D eigenvalue weighted by Crippen LogP contribution is -2.09. The Kier molecular flexibility index (Phi) is 6.07. The first-order valence-electron chi connectivity index (χ1n) is 7.74. The molecule has 0 saturated heterocycles. The molecule has 0 amide bonds. The van der Waals surface area contributed by atoms with Crippen LogP contribution in [0.4, 0.5) is 0 Å². The summed E-state index contributed by atoms with van der Waals surface area (Å²) in [6.07, 6.45) is 2.08. The van der Waals surface area contributed by atoms with Crippen LogP contribution in [0.25, 0.3) is 0 Å². The Labute approximate surface area is 142 Å². The number of esters is 1. The summed E-state index contributed by atoms with van der Waals surface area (Å²) < 4.78 is 21.2. The van der Waals surface area contributed by atoms with Gasteiger partial charge in [-0.05, 0) is 36.2 Å². The summed E-state index contributed by atoms with van der Waals surface area (Å²) in [6, 6.07) is 10.6. The monoisotopic (exact) mass is 330 g/mol. The molecule has 0 aliphatic heterocycles. The quantitative estimate of drug-likeness (QED) is 0.569. The van der Waals surface area contributed by atoms with Gasteiger partial charge in [0.05, 0.1) is 26.9 Å². The van der Waals surface area contributed by atoms with Crippen molar-refractivity contribution >= 4 is 5.97 Å². The SMILES string of the molecule is CCCc1ccc(OC(=O)c2cc(OC)c(OC)c(OC)c2)cc1. The maximum Gasteiger partial charge on any atom is 0.343 e. The number of methoxy groups -OCH3 is 3. The molecule has 24 heavy (non-hydrogen) atoms. The van der Waals surface area contributed by atoms with Crippen molar-refractivity contribution in [3.05, 3.63) is 47.5 Å². The van der Waals surface area contributed by atoms with E-state index in [9.17, 15) is 4.79 Å². The Morgan fingerprint density at radius 2 is 1.50 bits per heavy atom. The topological polar surface area (TPSA) is 54.0 Å². The second-order valence-corrected chi connectivity index (χ2v) is 5.20. The molecule has 0 N–H and O–H groups in total. The van der Waals surface area contributed by atoms with Gasteiger partial charge in [0, 0.05) is 0 Å². The van der Waals surface area contributed by atoms with Crippen LogP contribution in [0.3, 0.4) is 0 Å². The summed E-state index contributed by atoms with van der Waals surface area (Å²) in [5.41, 5.74) is 1.53. The van der Waals surface area contributed by atoms with Gasteiger partial charge in [0.15, 0.2) is 11.5 Å². The van der Waals surface area contributed by atoms with Crippen LogP contribution in [-0.4, -0.2) is 27.3 Å². The first-order chi connectivity index (χ1) is 11.6. The lowest BCUT2D eigenvalue weighted by atomic mass is 10.1. The summed E-state index contributed by atoms with van der Waals surface area (Å²) in [4.78, 5) is 12.4. The highest BCUT2D eigenvalue weighted by atomic mass is 16.5. The third-order valence-corrected chi connectivity index (χ3v) is 3.57. The van der Waals surface area contributed by atoms with Gasteiger partial charge in [-0.3, -0.25) is 0 Å². The zero-order valence-corrected chi connectivity index (χ0v) is 14.4. The molecule has 0 fully saturated rings. The predicted octanol–water partition coefficient (Wildman–Crippen LogP) is 3.88. The minimum Gasteiger partial charge on any atom is -0.493 e. The van der Waals surface area contributed by atoms with E-state index >= 15 is 0 Å². The maximum absolute atomic E-state index is 12.4. The molecule has 0 unspecified atom stereocenters. The minimum absolute atomic E-state index is 0.321. The van der Waals surface area contributed by atoms with E-state index < -0.39 is 5.97 Å². The standard InChI is InChI=1S/C19H22O5/c1-5-6-13-7-9-15(10-8-13)24-19(20)14-11-16(21-2)18(23-4)17(12-14)22-3/h7-12H,5-6H2,1-4H3. The molecule has 2 aromatic carbocycles. The lowest BCUT2D eigenvalue weighted by molar-refractivity contribution is 0.0734. The molecule has 0 bridgehead atoms. The number of hydrogen-bond acceptors (Lipinski definition) is 5. The summed E-state index contributed by atoms with van der Waals surface area (Å²) in [5, 5.41) is 0. The number of ether oxygens (including phenoxy) is 4. The summed E-state index contributed by atoms with van der Waals surface area (Å²) >= 11 is 0. The van der Waals surface area contributed by atoms with Crippen LogP contribution in [-0.2, 0) is 6.42 Å². The Bertz CT molecular complexity index is 666. The van der Waals surface area contributed by atoms with Crippen LogP contribution >= 0.6 is 0 Å². The van der Waals surface area contributed by atoms with E-state index in [4.69, 9.17) is 18.9 Å². The molecule has 0 radical (unpaired) electrons. The summed E-state index contributed by atoms with van der Waals surface area (Å²) in [7, 11) is 4.51. The summed E-state index contributed by atoms with van der Waals surface area (Å²) in [6.45, 7) is 2.12. The molecule has 2 rings (SSSR count). The summed E-state index contributed by atoms with van der Waals surface area (Å²) in [5.74, 6) is 1.25. The van der Waals surface area contributed by atoms with Gasteiger partial charge in [-0.25, -0.2) is 4.79 Å². The fourth-order valence-corrected chi connectivity index (χ4v) is 2.38. The molecule has 0 aliphatic carbocycles. The Hall–Kier alpha value is -2.69. The van der Waals surface area contributed by atoms with Crippen molar-refractivity contribution in [3.8, 4) is 23.0 Å². The minimum atomic E-state index is -0.488. The van der Waals surface area contributed by atoms with Gasteiger partial charge in [0.25, 0.3) is 0 Å². The van der Waals surface area contributed by atoms with Crippen LogP contribution in [0.5, 0.6) is 23.0 Å². The molecule has 128 valence electrons. The maximum atomic E-state index is 12.4. The molecular formula is C19H22O5. The van der Waals surface area contributed by atoms with E-state index in [-0.39, 0.29) is 0 Å². The highest BCUT2D eigenvalue weighted by Gasteiger charge is 2.18. The molecule has 0 spiro atoms. The van der Waals surface area contributed by atoms with Crippen LogP contribution < -0.4 is 18.9 Å². The van der Waals surface area contributed by atoms with Crippen molar-refractivity contribution in [2.24, 2.45) is 0 Å². The average molecular weight is 330 g/mol. The molecular weight excluding hydrogens is 308 g/mol. The Balaban J connectivity index is 2.22. The van der Waals surface area contributed by atoms with Gasteiger partial charge in [-0.15, -0.1) is 0 Å². The molecule has 0 saturated carbocycles. The van der Waals surface area contributed by atoms with E-state index in [2.05, 4.69) is 6.92 Å². The van der Waals surface area contributed by atoms with Gasteiger partial charge in [-0.1, -0.05) is 25.5 Å². The molecule has 0 aliphatic rings. The zero-order valence-electron chi connectivity index (χ0n) is 14.4. The molecule has 0 heterocycles. The lowest BCUT2D eigenvalue weighted by Gasteiger charge is -2.13. The molecule has 0 aromatic heterocycles. The zero-order chi connectivity index (χ0) is 17.5.